The van der Waals surface area contributed by atoms with Crippen molar-refractivity contribution in [1.29, 1.82) is 0 Å². The average Bonchev–Trinajstić information content (AvgIpc) is 2.38. The Morgan fingerprint density at radius 2 is 2.06 bits per heavy atom. The molecule has 1 aliphatic rings. The Hall–Kier alpha value is 0.220. The third-order valence-electron chi connectivity index (χ3n) is 3.64. The number of thioether (sulfide) groups is 1. The summed E-state index contributed by atoms with van der Waals surface area (Å²) >= 11 is 2.03. The molecule has 0 spiro atoms. The lowest BCUT2D eigenvalue weighted by molar-refractivity contribution is 0.352. The number of nitrogens with one attached hydrogen (secondary N) is 1. The summed E-state index contributed by atoms with van der Waals surface area (Å²) in [7, 11) is -2.83. The van der Waals surface area contributed by atoms with Crippen LogP contribution in [0.1, 0.15) is 39.0 Å². The molecule has 1 saturated heterocycles. The van der Waals surface area contributed by atoms with Gasteiger partial charge in [0.1, 0.15) is 9.84 Å². The van der Waals surface area contributed by atoms with Crippen LogP contribution in [0.4, 0.5) is 0 Å². The van der Waals surface area contributed by atoms with Gasteiger partial charge in [0.25, 0.3) is 0 Å². The molecule has 0 bridgehead atoms. The van der Waals surface area contributed by atoms with Crippen molar-refractivity contribution < 1.29 is 8.42 Å². The summed E-state index contributed by atoms with van der Waals surface area (Å²) in [5.74, 6) is 9.38. The number of hydrogen-bond donors (Lipinski definition) is 2. The van der Waals surface area contributed by atoms with Gasteiger partial charge in [0, 0.05) is 11.8 Å². The van der Waals surface area contributed by atoms with E-state index in [0.29, 0.717) is 12.2 Å². The lowest BCUT2D eigenvalue weighted by Gasteiger charge is -2.26. The molecule has 1 rings (SSSR count). The van der Waals surface area contributed by atoms with E-state index in [0.717, 1.165) is 18.8 Å². The van der Waals surface area contributed by atoms with E-state index in [-0.39, 0.29) is 11.8 Å². The molecule has 4 nitrogen and oxygen atoms in total. The van der Waals surface area contributed by atoms with Crippen molar-refractivity contribution in [3.05, 3.63) is 0 Å². The summed E-state index contributed by atoms with van der Waals surface area (Å²) in [5, 5.41) is 0. The Morgan fingerprint density at radius 1 is 1.39 bits per heavy atom. The first-order chi connectivity index (χ1) is 8.57. The number of nitrogens with two attached hydrogens (primary N) is 1. The minimum atomic E-state index is -2.83. The first kappa shape index (κ1) is 16.3. The number of sulfone groups is 1. The van der Waals surface area contributed by atoms with Gasteiger partial charge < -0.3 is 0 Å². The van der Waals surface area contributed by atoms with E-state index in [1.807, 2.05) is 11.8 Å². The summed E-state index contributed by atoms with van der Waals surface area (Å²) in [5.41, 5.74) is 2.85. The van der Waals surface area contributed by atoms with Crippen molar-refractivity contribution in [2.75, 3.05) is 23.0 Å². The highest BCUT2D eigenvalue weighted by atomic mass is 32.2. The normalized spacial score (nSPS) is 19.9. The second-order valence-corrected chi connectivity index (χ2v) is 8.73. The van der Waals surface area contributed by atoms with Crippen molar-refractivity contribution in [1.82, 2.24) is 5.43 Å². The highest BCUT2D eigenvalue weighted by Gasteiger charge is 2.19. The monoisotopic (exact) mass is 294 g/mol. The molecule has 0 aromatic heterocycles. The van der Waals surface area contributed by atoms with Crippen LogP contribution in [0.2, 0.25) is 0 Å². The van der Waals surface area contributed by atoms with Crippen LogP contribution >= 0.6 is 11.8 Å². The molecular weight excluding hydrogens is 268 g/mol. The minimum Gasteiger partial charge on any atom is -0.271 e. The van der Waals surface area contributed by atoms with E-state index in [4.69, 9.17) is 5.84 Å². The zero-order valence-corrected chi connectivity index (χ0v) is 12.9. The zero-order valence-electron chi connectivity index (χ0n) is 11.2. The summed E-state index contributed by atoms with van der Waals surface area (Å²) in [6, 6.07) is 0.269. The Balaban J connectivity index is 2.24. The highest BCUT2D eigenvalue weighted by Crippen LogP contribution is 2.27. The Labute approximate surface area is 115 Å². The molecule has 0 aromatic carbocycles. The lowest BCUT2D eigenvalue weighted by atomic mass is 9.93. The lowest BCUT2D eigenvalue weighted by Crippen LogP contribution is -2.37. The molecule has 1 aliphatic heterocycles. The second kappa shape index (κ2) is 8.40. The Morgan fingerprint density at radius 3 is 2.61 bits per heavy atom. The molecule has 18 heavy (non-hydrogen) atoms. The van der Waals surface area contributed by atoms with Gasteiger partial charge in [-0.1, -0.05) is 6.92 Å². The van der Waals surface area contributed by atoms with Crippen LogP contribution in [-0.4, -0.2) is 37.5 Å². The van der Waals surface area contributed by atoms with Gasteiger partial charge >= 0.3 is 0 Å². The molecule has 1 heterocycles. The molecule has 1 atom stereocenters. The molecule has 1 unspecified atom stereocenters. The minimum absolute atomic E-state index is 0.244. The fourth-order valence-electron chi connectivity index (χ4n) is 2.35. The van der Waals surface area contributed by atoms with Crippen molar-refractivity contribution in [2.45, 2.75) is 45.1 Å². The average molecular weight is 294 g/mol. The van der Waals surface area contributed by atoms with Crippen molar-refractivity contribution in [3.63, 3.8) is 0 Å². The standard InChI is InChI=1S/C12H26N2O2S2/c1-2-18(15,16)9-3-4-12(14-13)10-11-5-7-17-8-6-11/h11-12,14H,2-10,13H2,1H3. The van der Waals surface area contributed by atoms with Crippen molar-refractivity contribution in [3.8, 4) is 0 Å². The molecule has 0 amide bonds. The second-order valence-electron chi connectivity index (χ2n) is 5.03. The fraction of sp³-hybridized carbons (Fsp3) is 1.00. The van der Waals surface area contributed by atoms with Crippen LogP contribution in [0.25, 0.3) is 0 Å². The summed E-state index contributed by atoms with van der Waals surface area (Å²) in [6.07, 6.45) is 5.21. The summed E-state index contributed by atoms with van der Waals surface area (Å²) in [6.45, 7) is 1.70. The van der Waals surface area contributed by atoms with Crippen molar-refractivity contribution in [2.24, 2.45) is 11.8 Å². The van der Waals surface area contributed by atoms with Gasteiger partial charge in [0.15, 0.2) is 0 Å². The molecule has 6 heteroatoms. The van der Waals surface area contributed by atoms with Crippen LogP contribution in [0, 0.1) is 5.92 Å². The first-order valence-corrected chi connectivity index (χ1v) is 9.79. The highest BCUT2D eigenvalue weighted by molar-refractivity contribution is 7.99. The van der Waals surface area contributed by atoms with Gasteiger partial charge in [-0.25, -0.2) is 8.42 Å². The van der Waals surface area contributed by atoms with Gasteiger partial charge in [-0.2, -0.15) is 11.8 Å². The number of hydrogen-bond acceptors (Lipinski definition) is 5. The topological polar surface area (TPSA) is 72.2 Å². The Bertz CT molecular complexity index is 314. The fourth-order valence-corrected chi connectivity index (χ4v) is 4.45. The SMILES string of the molecule is CCS(=O)(=O)CCCC(CC1CCSCC1)NN. The Kier molecular flexibility index (Phi) is 7.60. The van der Waals surface area contributed by atoms with Crippen LogP contribution < -0.4 is 11.3 Å². The molecule has 0 saturated carbocycles. The van der Waals surface area contributed by atoms with E-state index < -0.39 is 9.84 Å². The molecule has 3 N–H and O–H groups in total. The van der Waals surface area contributed by atoms with Crippen molar-refractivity contribution >= 4 is 21.6 Å². The van der Waals surface area contributed by atoms with Gasteiger partial charge in [0.05, 0.1) is 5.75 Å². The molecule has 108 valence electrons. The largest absolute Gasteiger partial charge is 0.271 e. The molecule has 1 fully saturated rings. The predicted molar refractivity (Wildman–Crippen MR) is 79.3 cm³/mol. The molecule has 0 aliphatic carbocycles. The third-order valence-corrected chi connectivity index (χ3v) is 6.48. The van der Waals surface area contributed by atoms with Crippen LogP contribution in [0.5, 0.6) is 0 Å². The predicted octanol–water partition coefficient (Wildman–Crippen LogP) is 1.57. The number of hydrazine groups is 1. The molecule has 0 aromatic rings. The van der Waals surface area contributed by atoms with E-state index in [1.54, 1.807) is 6.92 Å². The third kappa shape index (κ3) is 6.41. The van der Waals surface area contributed by atoms with Crippen LogP contribution in [-0.2, 0) is 9.84 Å². The van der Waals surface area contributed by atoms with E-state index in [1.165, 1.54) is 24.3 Å². The van der Waals surface area contributed by atoms with E-state index in [2.05, 4.69) is 5.43 Å². The maximum Gasteiger partial charge on any atom is 0.150 e. The smallest absolute Gasteiger partial charge is 0.150 e. The van der Waals surface area contributed by atoms with Gasteiger partial charge in [-0.05, 0) is 49.5 Å². The summed E-state index contributed by atoms with van der Waals surface area (Å²) < 4.78 is 22.8. The quantitative estimate of drug-likeness (QED) is 0.525. The van der Waals surface area contributed by atoms with Crippen LogP contribution in [0.15, 0.2) is 0 Å². The van der Waals surface area contributed by atoms with Crippen LogP contribution in [0.3, 0.4) is 0 Å². The maximum atomic E-state index is 11.4. The maximum absolute atomic E-state index is 11.4. The van der Waals surface area contributed by atoms with Gasteiger partial charge in [0.2, 0.25) is 0 Å². The first-order valence-electron chi connectivity index (χ1n) is 6.81. The number of rotatable bonds is 8. The molecular formula is C12H26N2O2S2. The molecule has 0 radical (unpaired) electrons. The summed E-state index contributed by atoms with van der Waals surface area (Å²) in [4.78, 5) is 0. The van der Waals surface area contributed by atoms with E-state index in [9.17, 15) is 8.42 Å². The van der Waals surface area contributed by atoms with Gasteiger partial charge in [-0.15, -0.1) is 0 Å². The van der Waals surface area contributed by atoms with Gasteiger partial charge in [-0.3, -0.25) is 11.3 Å². The van der Waals surface area contributed by atoms with E-state index >= 15 is 0 Å². The zero-order chi connectivity index (χ0) is 13.4.